The SMILES string of the molecule is Cc1cccc(Nc2ncnc(NNC(=O)c3cccc([N+](=O)[O-])c3)c2[N+](=O)[O-])c1. The van der Waals surface area contributed by atoms with Crippen LogP contribution in [0.2, 0.25) is 0 Å². The van der Waals surface area contributed by atoms with Gasteiger partial charge >= 0.3 is 5.69 Å². The Morgan fingerprint density at radius 1 is 0.967 bits per heavy atom. The topological polar surface area (TPSA) is 165 Å². The molecule has 3 N–H and O–H groups in total. The molecule has 12 heteroatoms. The zero-order valence-corrected chi connectivity index (χ0v) is 15.5. The molecule has 152 valence electrons. The number of nitro groups is 2. The first-order valence-electron chi connectivity index (χ1n) is 8.49. The van der Waals surface area contributed by atoms with Gasteiger partial charge in [0.1, 0.15) is 6.33 Å². The average Bonchev–Trinajstić information content (AvgIpc) is 2.72. The molecule has 3 rings (SSSR count). The summed E-state index contributed by atoms with van der Waals surface area (Å²) in [5.74, 6) is -1.07. The molecule has 1 aromatic heterocycles. The largest absolute Gasteiger partial charge is 0.355 e. The van der Waals surface area contributed by atoms with E-state index < -0.39 is 21.4 Å². The quantitative estimate of drug-likeness (QED) is 0.392. The maximum Gasteiger partial charge on any atom is 0.355 e. The van der Waals surface area contributed by atoms with Gasteiger partial charge in [0.25, 0.3) is 11.6 Å². The van der Waals surface area contributed by atoms with Crippen LogP contribution in [0.25, 0.3) is 0 Å². The Bertz CT molecular complexity index is 1140. The predicted molar refractivity (Wildman–Crippen MR) is 107 cm³/mol. The molecule has 2 aromatic carbocycles. The van der Waals surface area contributed by atoms with E-state index in [1.165, 1.54) is 18.2 Å². The van der Waals surface area contributed by atoms with Gasteiger partial charge < -0.3 is 5.32 Å². The number of rotatable bonds is 7. The van der Waals surface area contributed by atoms with Crippen LogP contribution in [-0.2, 0) is 0 Å². The molecule has 30 heavy (non-hydrogen) atoms. The number of hydrogen-bond acceptors (Lipinski definition) is 9. The number of benzene rings is 2. The number of nitro benzene ring substituents is 1. The maximum absolute atomic E-state index is 12.3. The van der Waals surface area contributed by atoms with Crippen molar-refractivity contribution < 1.29 is 14.6 Å². The summed E-state index contributed by atoms with van der Waals surface area (Å²) in [6.07, 6.45) is 1.09. The predicted octanol–water partition coefficient (Wildman–Crippen LogP) is 3.10. The van der Waals surface area contributed by atoms with Crippen molar-refractivity contribution in [3.8, 4) is 0 Å². The molecule has 1 heterocycles. The molecule has 0 aliphatic carbocycles. The number of nitrogens with zero attached hydrogens (tertiary/aromatic N) is 4. The lowest BCUT2D eigenvalue weighted by atomic mass is 10.2. The van der Waals surface area contributed by atoms with E-state index in [9.17, 15) is 25.0 Å². The molecule has 3 aromatic rings. The molecule has 0 saturated carbocycles. The lowest BCUT2D eigenvalue weighted by molar-refractivity contribution is -0.384. The van der Waals surface area contributed by atoms with Crippen molar-refractivity contribution >= 4 is 34.6 Å². The summed E-state index contributed by atoms with van der Waals surface area (Å²) >= 11 is 0. The minimum Gasteiger partial charge on any atom is -0.334 e. The van der Waals surface area contributed by atoms with E-state index in [0.29, 0.717) is 5.69 Å². The molecule has 0 bridgehead atoms. The van der Waals surface area contributed by atoms with Crippen molar-refractivity contribution in [2.24, 2.45) is 0 Å². The Labute approximate surface area is 169 Å². The highest BCUT2D eigenvalue weighted by Crippen LogP contribution is 2.30. The first-order valence-corrected chi connectivity index (χ1v) is 8.49. The second kappa shape index (κ2) is 8.60. The van der Waals surface area contributed by atoms with Crippen molar-refractivity contribution in [2.45, 2.75) is 6.92 Å². The van der Waals surface area contributed by atoms with E-state index in [2.05, 4.69) is 26.1 Å². The van der Waals surface area contributed by atoms with Gasteiger partial charge in [-0.3, -0.25) is 35.9 Å². The molecule has 0 unspecified atom stereocenters. The zero-order chi connectivity index (χ0) is 21.7. The number of anilines is 3. The van der Waals surface area contributed by atoms with Gasteiger partial charge in [-0.2, -0.15) is 0 Å². The van der Waals surface area contributed by atoms with Gasteiger partial charge in [0, 0.05) is 23.4 Å². The lowest BCUT2D eigenvalue weighted by Gasteiger charge is -2.11. The van der Waals surface area contributed by atoms with E-state index in [4.69, 9.17) is 0 Å². The molecule has 0 fully saturated rings. The Hall–Kier alpha value is -4.61. The summed E-state index contributed by atoms with van der Waals surface area (Å²) in [4.78, 5) is 41.1. The molecule has 0 aliphatic rings. The highest BCUT2D eigenvalue weighted by Gasteiger charge is 2.24. The van der Waals surface area contributed by atoms with Crippen LogP contribution in [0.3, 0.4) is 0 Å². The molecule has 0 atom stereocenters. The third-order valence-electron chi connectivity index (χ3n) is 3.90. The normalized spacial score (nSPS) is 10.2. The lowest BCUT2D eigenvalue weighted by Crippen LogP contribution is -2.30. The summed E-state index contributed by atoms with van der Waals surface area (Å²) < 4.78 is 0. The molecular weight excluding hydrogens is 394 g/mol. The third-order valence-corrected chi connectivity index (χ3v) is 3.90. The number of nitrogens with one attached hydrogen (secondary N) is 3. The van der Waals surface area contributed by atoms with E-state index in [-0.39, 0.29) is 22.9 Å². The van der Waals surface area contributed by atoms with Crippen molar-refractivity contribution in [1.82, 2.24) is 15.4 Å². The standard InChI is InChI=1S/C18H15N7O5/c1-11-4-2-6-13(8-11)21-16-15(25(29)30)17(20-10-19-16)22-23-18(26)12-5-3-7-14(9-12)24(27)28/h2-10H,1H3,(H,23,26)(H2,19,20,21,22). The fourth-order valence-electron chi connectivity index (χ4n) is 2.54. The van der Waals surface area contributed by atoms with E-state index in [1.807, 2.05) is 13.0 Å². The Balaban J connectivity index is 1.82. The summed E-state index contributed by atoms with van der Waals surface area (Å²) in [6.45, 7) is 1.87. The number of aryl methyl sites for hydroxylation is 1. The molecule has 12 nitrogen and oxygen atoms in total. The van der Waals surface area contributed by atoms with Gasteiger partial charge in [-0.15, -0.1) is 0 Å². The minimum absolute atomic E-state index is 0.00785. The number of aromatic nitrogens is 2. The van der Waals surface area contributed by atoms with Gasteiger partial charge in [0.05, 0.1) is 9.85 Å². The second-order valence-corrected chi connectivity index (χ2v) is 6.06. The zero-order valence-electron chi connectivity index (χ0n) is 15.5. The number of amides is 1. The maximum atomic E-state index is 12.3. The molecular formula is C18H15N7O5. The van der Waals surface area contributed by atoms with Crippen LogP contribution >= 0.6 is 0 Å². The van der Waals surface area contributed by atoms with Gasteiger partial charge in [0.2, 0.25) is 11.6 Å². The summed E-state index contributed by atoms with van der Waals surface area (Å²) in [5, 5.41) is 25.3. The number of non-ortho nitro benzene ring substituents is 1. The molecule has 0 spiro atoms. The van der Waals surface area contributed by atoms with E-state index >= 15 is 0 Å². The summed E-state index contributed by atoms with van der Waals surface area (Å²) in [6, 6.07) is 12.2. The second-order valence-electron chi connectivity index (χ2n) is 6.06. The number of carbonyl (C=O) groups is 1. The van der Waals surface area contributed by atoms with Crippen LogP contribution in [0.1, 0.15) is 15.9 Å². The monoisotopic (exact) mass is 409 g/mol. The van der Waals surface area contributed by atoms with Crippen LogP contribution in [0.5, 0.6) is 0 Å². The van der Waals surface area contributed by atoms with E-state index in [1.54, 1.807) is 18.2 Å². The van der Waals surface area contributed by atoms with Crippen LogP contribution in [-0.4, -0.2) is 25.7 Å². The van der Waals surface area contributed by atoms with Crippen LogP contribution in [0.4, 0.5) is 28.7 Å². The summed E-state index contributed by atoms with van der Waals surface area (Å²) in [7, 11) is 0. The van der Waals surface area contributed by atoms with Crippen molar-refractivity contribution in [3.63, 3.8) is 0 Å². The van der Waals surface area contributed by atoms with Crippen molar-refractivity contribution in [1.29, 1.82) is 0 Å². The highest BCUT2D eigenvalue weighted by atomic mass is 16.6. The number of carbonyl (C=O) groups excluding carboxylic acids is 1. The van der Waals surface area contributed by atoms with Crippen LogP contribution in [0, 0.1) is 27.2 Å². The van der Waals surface area contributed by atoms with E-state index in [0.717, 1.165) is 18.0 Å². The van der Waals surface area contributed by atoms with Crippen LogP contribution < -0.4 is 16.2 Å². The fourth-order valence-corrected chi connectivity index (χ4v) is 2.54. The molecule has 0 radical (unpaired) electrons. The van der Waals surface area contributed by atoms with Crippen molar-refractivity contribution in [2.75, 3.05) is 10.7 Å². The van der Waals surface area contributed by atoms with Crippen molar-refractivity contribution in [3.05, 3.63) is 86.2 Å². The molecule has 1 amide bonds. The first-order chi connectivity index (χ1) is 14.3. The third kappa shape index (κ3) is 4.62. The fraction of sp³-hybridized carbons (Fsp3) is 0.0556. The van der Waals surface area contributed by atoms with Crippen LogP contribution in [0.15, 0.2) is 54.9 Å². The number of hydrazine groups is 1. The first kappa shape index (κ1) is 20.1. The van der Waals surface area contributed by atoms with Gasteiger partial charge in [0.15, 0.2) is 0 Å². The Morgan fingerprint density at radius 3 is 2.40 bits per heavy atom. The Morgan fingerprint density at radius 2 is 1.70 bits per heavy atom. The van der Waals surface area contributed by atoms with Gasteiger partial charge in [-0.05, 0) is 30.7 Å². The summed E-state index contributed by atoms with van der Waals surface area (Å²) in [5.41, 5.74) is 5.39. The Kier molecular flexibility index (Phi) is 5.77. The highest BCUT2D eigenvalue weighted by molar-refractivity contribution is 5.95. The number of hydrogen-bond donors (Lipinski definition) is 3. The smallest absolute Gasteiger partial charge is 0.334 e. The average molecular weight is 409 g/mol. The van der Waals surface area contributed by atoms with Gasteiger partial charge in [-0.1, -0.05) is 18.2 Å². The minimum atomic E-state index is -0.736. The molecule has 0 saturated heterocycles. The van der Waals surface area contributed by atoms with Gasteiger partial charge in [-0.25, -0.2) is 9.97 Å². The molecule has 0 aliphatic heterocycles.